The molecule has 1 aromatic carbocycles. The molecule has 0 amide bonds. The van der Waals surface area contributed by atoms with Gasteiger partial charge in [-0.3, -0.25) is 4.90 Å². The monoisotopic (exact) mass is 279 g/mol. The fourth-order valence-electron chi connectivity index (χ4n) is 1.75. The smallest absolute Gasteiger partial charge is 0.387 e. The lowest BCUT2D eigenvalue weighted by Crippen LogP contribution is -2.41. The molecule has 0 radical (unpaired) electrons. The largest absolute Gasteiger partial charge is 0.401 e. The van der Waals surface area contributed by atoms with Crippen molar-refractivity contribution in [3.05, 3.63) is 35.6 Å². The fourth-order valence-corrected chi connectivity index (χ4v) is 1.75. The summed E-state index contributed by atoms with van der Waals surface area (Å²) in [4.78, 5) is 1.07. The van der Waals surface area contributed by atoms with Gasteiger partial charge in [0.15, 0.2) is 0 Å². The predicted octanol–water partition coefficient (Wildman–Crippen LogP) is 3.13. The van der Waals surface area contributed by atoms with Crippen molar-refractivity contribution in [2.24, 2.45) is 0 Å². The van der Waals surface area contributed by atoms with Crippen LogP contribution < -0.4 is 0 Å². The summed E-state index contributed by atoms with van der Waals surface area (Å²) in [6, 6.07) is 5.13. The Labute approximate surface area is 109 Å². The molecule has 0 aromatic heterocycles. The summed E-state index contributed by atoms with van der Waals surface area (Å²) in [6.07, 6.45) is -5.63. The van der Waals surface area contributed by atoms with Gasteiger partial charge in [-0.25, -0.2) is 4.39 Å². The molecule has 0 aliphatic rings. The Hall–Kier alpha value is -1.14. The summed E-state index contributed by atoms with van der Waals surface area (Å²) in [5, 5.41) is 9.87. The molecule has 1 unspecified atom stereocenters. The molecule has 1 N–H and O–H groups in total. The van der Waals surface area contributed by atoms with Gasteiger partial charge >= 0.3 is 6.18 Å². The molecule has 0 aliphatic heterocycles. The standard InChI is InChI=1S/C13H17F4NO/c1-9(2)18(8-13(15,16)17)7-12(19)10-5-3-4-6-11(10)14/h3-6,9,12,19H,7-8H2,1-2H3. The van der Waals surface area contributed by atoms with Gasteiger partial charge in [-0.1, -0.05) is 18.2 Å². The van der Waals surface area contributed by atoms with Crippen molar-refractivity contribution in [2.45, 2.75) is 32.2 Å². The van der Waals surface area contributed by atoms with Gasteiger partial charge in [0.25, 0.3) is 0 Å². The summed E-state index contributed by atoms with van der Waals surface area (Å²) < 4.78 is 50.6. The molecular weight excluding hydrogens is 262 g/mol. The SMILES string of the molecule is CC(C)N(CC(O)c1ccccc1F)CC(F)(F)F. The summed E-state index contributed by atoms with van der Waals surface area (Å²) in [5.74, 6) is -0.620. The second-order valence-electron chi connectivity index (χ2n) is 4.68. The van der Waals surface area contributed by atoms with E-state index in [9.17, 15) is 22.7 Å². The van der Waals surface area contributed by atoms with E-state index in [1.165, 1.54) is 24.3 Å². The van der Waals surface area contributed by atoms with Crippen LogP contribution in [-0.4, -0.2) is 35.3 Å². The maximum absolute atomic E-state index is 13.4. The third-order valence-electron chi connectivity index (χ3n) is 2.78. The Balaban J connectivity index is 2.77. The molecule has 108 valence electrons. The summed E-state index contributed by atoms with van der Waals surface area (Å²) >= 11 is 0. The van der Waals surface area contributed by atoms with Gasteiger partial charge < -0.3 is 5.11 Å². The highest BCUT2D eigenvalue weighted by Crippen LogP contribution is 2.22. The van der Waals surface area contributed by atoms with E-state index in [1.807, 2.05) is 0 Å². The molecule has 6 heteroatoms. The van der Waals surface area contributed by atoms with Gasteiger partial charge in [0.2, 0.25) is 0 Å². The highest BCUT2D eigenvalue weighted by Gasteiger charge is 2.32. The molecule has 0 saturated carbocycles. The van der Waals surface area contributed by atoms with Crippen molar-refractivity contribution < 1.29 is 22.7 Å². The quantitative estimate of drug-likeness (QED) is 0.837. The summed E-state index contributed by atoms with van der Waals surface area (Å²) in [7, 11) is 0. The molecule has 0 saturated heterocycles. The van der Waals surface area contributed by atoms with Crippen LogP contribution in [0.15, 0.2) is 24.3 Å². The lowest BCUT2D eigenvalue weighted by Gasteiger charge is -2.29. The first-order valence-corrected chi connectivity index (χ1v) is 5.94. The van der Waals surface area contributed by atoms with Gasteiger partial charge in [0, 0.05) is 18.2 Å². The zero-order valence-electron chi connectivity index (χ0n) is 10.8. The lowest BCUT2D eigenvalue weighted by atomic mass is 10.1. The number of alkyl halides is 3. The van der Waals surface area contributed by atoms with E-state index < -0.39 is 30.7 Å². The van der Waals surface area contributed by atoms with Crippen LogP contribution in [0.3, 0.4) is 0 Å². The number of hydrogen-bond donors (Lipinski definition) is 1. The van der Waals surface area contributed by atoms with Gasteiger partial charge in [0.05, 0.1) is 12.6 Å². The Morgan fingerprint density at radius 3 is 2.26 bits per heavy atom. The third kappa shape index (κ3) is 5.16. The molecule has 0 aliphatic carbocycles. The van der Waals surface area contributed by atoms with E-state index in [0.29, 0.717) is 0 Å². The van der Waals surface area contributed by atoms with Crippen molar-refractivity contribution >= 4 is 0 Å². The molecule has 2 nitrogen and oxygen atoms in total. The van der Waals surface area contributed by atoms with Crippen LogP contribution in [0.2, 0.25) is 0 Å². The zero-order chi connectivity index (χ0) is 14.6. The molecule has 0 spiro atoms. The number of nitrogens with zero attached hydrogens (tertiary/aromatic N) is 1. The van der Waals surface area contributed by atoms with E-state index in [0.717, 1.165) is 4.90 Å². The highest BCUT2D eigenvalue weighted by molar-refractivity contribution is 5.20. The van der Waals surface area contributed by atoms with Gasteiger partial charge in [-0.15, -0.1) is 0 Å². The second-order valence-corrected chi connectivity index (χ2v) is 4.68. The molecule has 0 fully saturated rings. The average molecular weight is 279 g/mol. The molecule has 1 aromatic rings. The minimum absolute atomic E-state index is 0.00956. The first-order chi connectivity index (χ1) is 8.70. The predicted molar refractivity (Wildman–Crippen MR) is 64.1 cm³/mol. The maximum atomic E-state index is 13.4. The van der Waals surface area contributed by atoms with Crippen LogP contribution in [0, 0.1) is 5.82 Å². The van der Waals surface area contributed by atoms with Crippen molar-refractivity contribution in [3.63, 3.8) is 0 Å². The molecule has 0 bridgehead atoms. The molecule has 1 atom stereocenters. The number of aliphatic hydroxyl groups excluding tert-OH is 1. The van der Waals surface area contributed by atoms with Crippen molar-refractivity contribution in [1.82, 2.24) is 4.90 Å². The van der Waals surface area contributed by atoms with Gasteiger partial charge in [-0.05, 0) is 19.9 Å². The third-order valence-corrected chi connectivity index (χ3v) is 2.78. The van der Waals surface area contributed by atoms with E-state index in [2.05, 4.69) is 0 Å². The van der Waals surface area contributed by atoms with Crippen molar-refractivity contribution in [3.8, 4) is 0 Å². The van der Waals surface area contributed by atoms with E-state index in [1.54, 1.807) is 13.8 Å². The number of hydrogen-bond acceptors (Lipinski definition) is 2. The number of benzene rings is 1. The Kier molecular flexibility index (Phi) is 5.31. The van der Waals surface area contributed by atoms with E-state index in [-0.39, 0.29) is 12.1 Å². The van der Waals surface area contributed by atoms with E-state index in [4.69, 9.17) is 0 Å². The number of aliphatic hydroxyl groups is 1. The first-order valence-electron chi connectivity index (χ1n) is 5.94. The second kappa shape index (κ2) is 6.34. The normalized spacial score (nSPS) is 14.2. The van der Waals surface area contributed by atoms with Gasteiger partial charge in [0.1, 0.15) is 5.82 Å². The lowest BCUT2D eigenvalue weighted by molar-refractivity contribution is -0.152. The van der Waals surface area contributed by atoms with Crippen LogP contribution in [0.4, 0.5) is 17.6 Å². The van der Waals surface area contributed by atoms with Crippen LogP contribution in [0.25, 0.3) is 0 Å². The highest BCUT2D eigenvalue weighted by atomic mass is 19.4. The van der Waals surface area contributed by atoms with Crippen LogP contribution in [-0.2, 0) is 0 Å². The van der Waals surface area contributed by atoms with E-state index >= 15 is 0 Å². The summed E-state index contributed by atoms with van der Waals surface area (Å²) in [6.45, 7) is 1.80. The minimum Gasteiger partial charge on any atom is -0.387 e. The number of halogens is 4. The first kappa shape index (κ1) is 15.9. The van der Waals surface area contributed by atoms with Crippen molar-refractivity contribution in [1.29, 1.82) is 0 Å². The minimum atomic E-state index is -4.35. The Morgan fingerprint density at radius 2 is 1.79 bits per heavy atom. The van der Waals surface area contributed by atoms with Crippen LogP contribution in [0.5, 0.6) is 0 Å². The topological polar surface area (TPSA) is 23.5 Å². The molecule has 19 heavy (non-hydrogen) atoms. The average Bonchev–Trinajstić information content (AvgIpc) is 2.26. The van der Waals surface area contributed by atoms with Gasteiger partial charge in [-0.2, -0.15) is 13.2 Å². The molecule has 1 rings (SSSR count). The summed E-state index contributed by atoms with van der Waals surface area (Å²) in [5.41, 5.74) is 0.00956. The van der Waals surface area contributed by atoms with Crippen molar-refractivity contribution in [2.75, 3.05) is 13.1 Å². The van der Waals surface area contributed by atoms with Crippen LogP contribution in [0.1, 0.15) is 25.5 Å². The zero-order valence-corrected chi connectivity index (χ0v) is 10.8. The maximum Gasteiger partial charge on any atom is 0.401 e. The molecule has 0 heterocycles. The Bertz CT molecular complexity index is 406. The molecular formula is C13H17F4NO. The Morgan fingerprint density at radius 1 is 1.21 bits per heavy atom. The number of rotatable bonds is 5. The fraction of sp³-hybridized carbons (Fsp3) is 0.538. The van der Waals surface area contributed by atoms with Crippen LogP contribution >= 0.6 is 0 Å².